The van der Waals surface area contributed by atoms with Gasteiger partial charge >= 0.3 is 0 Å². The molecule has 1 aliphatic carbocycles. The summed E-state index contributed by atoms with van der Waals surface area (Å²) in [7, 11) is 0. The van der Waals surface area contributed by atoms with Gasteiger partial charge in [0.25, 0.3) is 0 Å². The summed E-state index contributed by atoms with van der Waals surface area (Å²) in [5, 5.41) is 0.535. The van der Waals surface area contributed by atoms with E-state index in [9.17, 15) is 0 Å². The van der Waals surface area contributed by atoms with E-state index in [2.05, 4.69) is 11.1 Å². The number of halogens is 1. The Hall–Kier alpha value is -1.06. The van der Waals surface area contributed by atoms with Crippen LogP contribution in [0.15, 0.2) is 24.4 Å². The molecule has 1 fully saturated rings. The number of pyridine rings is 1. The molecule has 0 unspecified atom stereocenters. The zero-order valence-corrected chi connectivity index (χ0v) is 9.74. The summed E-state index contributed by atoms with van der Waals surface area (Å²) in [4.78, 5) is 4.11. The van der Waals surface area contributed by atoms with E-state index in [1.807, 2.05) is 16.5 Å². The number of fused-ring (bicyclic) bond motifs is 1. The Bertz CT molecular complexity index is 528. The fourth-order valence-electron chi connectivity index (χ4n) is 2.06. The highest BCUT2D eigenvalue weighted by molar-refractivity contribution is 6.28. The zero-order chi connectivity index (χ0) is 11.2. The summed E-state index contributed by atoms with van der Waals surface area (Å²) < 4.78 is 1.99. The van der Waals surface area contributed by atoms with Gasteiger partial charge in [-0.25, -0.2) is 4.98 Å². The van der Waals surface area contributed by atoms with E-state index in [1.165, 1.54) is 5.69 Å². The molecule has 1 aliphatic rings. The number of aromatic nitrogens is 2. The molecule has 2 heterocycles. The summed E-state index contributed by atoms with van der Waals surface area (Å²) in [6.07, 6.45) is 6.09. The summed E-state index contributed by atoms with van der Waals surface area (Å²) >= 11 is 6.06. The molecule has 2 aromatic rings. The first-order chi connectivity index (χ1) is 7.68. The topological polar surface area (TPSA) is 43.3 Å². The normalized spacial score (nSPS) is 17.9. The van der Waals surface area contributed by atoms with Crippen molar-refractivity contribution in [3.05, 3.63) is 35.4 Å². The molecule has 3 rings (SSSR count). The Kier molecular flexibility index (Phi) is 2.19. The molecule has 0 spiro atoms. The molecule has 84 valence electrons. The van der Waals surface area contributed by atoms with Gasteiger partial charge in [-0.2, -0.15) is 0 Å². The van der Waals surface area contributed by atoms with E-state index in [4.69, 9.17) is 17.3 Å². The van der Waals surface area contributed by atoms with Crippen molar-refractivity contribution < 1.29 is 0 Å². The lowest BCUT2D eigenvalue weighted by Gasteiger charge is -2.10. The predicted molar refractivity (Wildman–Crippen MR) is 64.7 cm³/mol. The van der Waals surface area contributed by atoms with Crippen molar-refractivity contribution in [2.24, 2.45) is 5.73 Å². The molecule has 0 bridgehead atoms. The molecular formula is C12H14ClN3. The largest absolute Gasteiger partial charge is 0.325 e. The second kappa shape index (κ2) is 3.47. The number of hydrogen-bond donors (Lipinski definition) is 1. The van der Waals surface area contributed by atoms with Crippen molar-refractivity contribution in [2.45, 2.75) is 31.2 Å². The van der Waals surface area contributed by atoms with Crippen molar-refractivity contribution >= 4 is 17.1 Å². The third-order valence-corrected chi connectivity index (χ3v) is 3.63. The van der Waals surface area contributed by atoms with Gasteiger partial charge in [-0.3, -0.25) is 4.40 Å². The minimum Gasteiger partial charge on any atom is -0.325 e. The minimum absolute atomic E-state index is 0.0925. The van der Waals surface area contributed by atoms with E-state index in [-0.39, 0.29) is 5.54 Å². The van der Waals surface area contributed by atoms with Crippen molar-refractivity contribution in [2.75, 3.05) is 0 Å². The van der Waals surface area contributed by atoms with Crippen molar-refractivity contribution in [1.82, 2.24) is 9.38 Å². The van der Waals surface area contributed by atoms with Crippen LogP contribution in [0.5, 0.6) is 0 Å². The summed E-state index contributed by atoms with van der Waals surface area (Å²) in [6.45, 7) is 0. The van der Waals surface area contributed by atoms with Crippen LogP contribution < -0.4 is 5.73 Å². The molecule has 3 nitrogen and oxygen atoms in total. The molecule has 0 atom stereocenters. The summed E-state index contributed by atoms with van der Waals surface area (Å²) in [5.41, 5.74) is 8.42. The Balaban J connectivity index is 1.93. The lowest BCUT2D eigenvalue weighted by molar-refractivity contribution is 0.601. The molecule has 2 N–H and O–H groups in total. The van der Waals surface area contributed by atoms with Gasteiger partial charge in [-0.05, 0) is 49.4 Å². The van der Waals surface area contributed by atoms with Crippen LogP contribution in [0.4, 0.5) is 0 Å². The molecular weight excluding hydrogens is 222 g/mol. The smallest absolute Gasteiger partial charge is 0.207 e. The number of hydrogen-bond acceptors (Lipinski definition) is 2. The van der Waals surface area contributed by atoms with Gasteiger partial charge in [0, 0.05) is 11.2 Å². The summed E-state index contributed by atoms with van der Waals surface area (Å²) in [6, 6.07) is 6.14. The summed E-state index contributed by atoms with van der Waals surface area (Å²) in [5.74, 6) is 0. The number of rotatable bonds is 3. The highest BCUT2D eigenvalue weighted by Gasteiger charge is 2.37. The highest BCUT2D eigenvalue weighted by Crippen LogP contribution is 2.36. The van der Waals surface area contributed by atoms with E-state index in [0.29, 0.717) is 5.28 Å². The van der Waals surface area contributed by atoms with Gasteiger partial charge in [0.15, 0.2) is 0 Å². The predicted octanol–water partition coefficient (Wildman–Crippen LogP) is 2.41. The maximum Gasteiger partial charge on any atom is 0.207 e. The van der Waals surface area contributed by atoms with Crippen molar-refractivity contribution in [3.8, 4) is 0 Å². The fourth-order valence-corrected chi connectivity index (χ4v) is 2.31. The molecule has 0 amide bonds. The number of nitrogens with two attached hydrogens (primary N) is 1. The van der Waals surface area contributed by atoms with Crippen LogP contribution in [0.3, 0.4) is 0 Å². The lowest BCUT2D eigenvalue weighted by Crippen LogP contribution is -2.22. The molecule has 0 radical (unpaired) electrons. The monoisotopic (exact) mass is 235 g/mol. The van der Waals surface area contributed by atoms with Crippen molar-refractivity contribution in [3.63, 3.8) is 0 Å². The van der Waals surface area contributed by atoms with Gasteiger partial charge in [-0.1, -0.05) is 6.07 Å². The highest BCUT2D eigenvalue weighted by atomic mass is 35.5. The van der Waals surface area contributed by atoms with Crippen LogP contribution in [-0.2, 0) is 6.42 Å². The van der Waals surface area contributed by atoms with Crippen molar-refractivity contribution in [1.29, 1.82) is 0 Å². The average molecular weight is 236 g/mol. The quantitative estimate of drug-likeness (QED) is 0.888. The molecule has 0 saturated heterocycles. The third kappa shape index (κ3) is 1.70. The zero-order valence-electron chi connectivity index (χ0n) is 8.99. The van der Waals surface area contributed by atoms with Gasteiger partial charge in [0.2, 0.25) is 5.28 Å². The first-order valence-electron chi connectivity index (χ1n) is 5.58. The SMILES string of the molecule is NC1(CCc2cccc3cnc(Cl)n23)CC1. The van der Waals surface area contributed by atoms with Gasteiger partial charge in [0.05, 0.1) is 11.7 Å². The van der Waals surface area contributed by atoms with Gasteiger partial charge in [-0.15, -0.1) is 0 Å². The Labute approximate surface area is 99.2 Å². The third-order valence-electron chi connectivity index (χ3n) is 3.36. The van der Waals surface area contributed by atoms with Crippen LogP contribution in [0.1, 0.15) is 25.0 Å². The lowest BCUT2D eigenvalue weighted by atomic mass is 10.1. The van der Waals surface area contributed by atoms with E-state index < -0.39 is 0 Å². The first kappa shape index (κ1) is 10.1. The van der Waals surface area contributed by atoms with Crippen LogP contribution in [-0.4, -0.2) is 14.9 Å². The number of aryl methyl sites for hydroxylation is 1. The second-order valence-corrected chi connectivity index (χ2v) is 5.01. The molecule has 0 aromatic carbocycles. The number of imidazole rings is 1. The van der Waals surface area contributed by atoms with Gasteiger partial charge < -0.3 is 5.73 Å². The molecule has 0 aliphatic heterocycles. The molecule has 4 heteroatoms. The molecule has 2 aromatic heterocycles. The maximum absolute atomic E-state index is 6.09. The second-order valence-electron chi connectivity index (χ2n) is 4.67. The van der Waals surface area contributed by atoms with Crippen LogP contribution >= 0.6 is 11.6 Å². The molecule has 16 heavy (non-hydrogen) atoms. The maximum atomic E-state index is 6.09. The standard InChI is InChI=1S/C12H14ClN3/c13-11-15-8-10-3-1-2-9(16(10)11)4-5-12(14)6-7-12/h1-3,8H,4-7,14H2. The van der Waals surface area contributed by atoms with E-state index in [0.717, 1.165) is 31.2 Å². The minimum atomic E-state index is 0.0925. The molecule has 1 saturated carbocycles. The Morgan fingerprint density at radius 3 is 3.00 bits per heavy atom. The Morgan fingerprint density at radius 1 is 1.44 bits per heavy atom. The van der Waals surface area contributed by atoms with Crippen LogP contribution in [0.25, 0.3) is 5.52 Å². The van der Waals surface area contributed by atoms with Gasteiger partial charge in [0.1, 0.15) is 0 Å². The number of nitrogens with zero attached hydrogens (tertiary/aromatic N) is 2. The Morgan fingerprint density at radius 2 is 2.25 bits per heavy atom. The van der Waals surface area contributed by atoms with E-state index in [1.54, 1.807) is 6.20 Å². The van der Waals surface area contributed by atoms with Crippen LogP contribution in [0.2, 0.25) is 5.28 Å². The van der Waals surface area contributed by atoms with Crippen LogP contribution in [0, 0.1) is 0 Å². The average Bonchev–Trinajstić information content (AvgIpc) is 2.90. The van der Waals surface area contributed by atoms with E-state index >= 15 is 0 Å². The fraction of sp³-hybridized carbons (Fsp3) is 0.417. The first-order valence-corrected chi connectivity index (χ1v) is 5.96.